The first-order chi connectivity index (χ1) is 10.8. The van der Waals surface area contributed by atoms with E-state index < -0.39 is 0 Å². The number of aromatic nitrogens is 3. The van der Waals surface area contributed by atoms with Crippen LogP contribution in [0.3, 0.4) is 0 Å². The van der Waals surface area contributed by atoms with Crippen molar-refractivity contribution in [2.45, 2.75) is 24.9 Å². The Balaban J connectivity index is 1.63. The van der Waals surface area contributed by atoms with Gasteiger partial charge in [-0.25, -0.2) is 0 Å². The first-order valence-electron chi connectivity index (χ1n) is 7.59. The third-order valence-corrected chi connectivity index (χ3v) is 4.78. The standard InChI is InChI=1S/C16H17N5O/c17-10-12-1-2-13-3-8-22-16(14(13)9-12)4-6-21(7-5-16)15-11-18-20-19-15/h1-2,9,11H,3-8H2,(H,18,19,20). The topological polar surface area (TPSA) is 77.8 Å². The van der Waals surface area contributed by atoms with Gasteiger partial charge in [0.2, 0.25) is 0 Å². The lowest BCUT2D eigenvalue weighted by atomic mass is 9.79. The average Bonchev–Trinajstić information content (AvgIpc) is 3.10. The normalized spacial score (nSPS) is 19.7. The number of nitrogens with zero attached hydrogens (tertiary/aromatic N) is 4. The van der Waals surface area contributed by atoms with Crippen LogP contribution in [0.5, 0.6) is 0 Å². The van der Waals surface area contributed by atoms with Crippen molar-refractivity contribution < 1.29 is 4.74 Å². The second-order valence-electron chi connectivity index (χ2n) is 5.89. The zero-order valence-electron chi connectivity index (χ0n) is 12.2. The molecule has 2 aromatic rings. The maximum Gasteiger partial charge on any atom is 0.170 e. The zero-order chi connectivity index (χ0) is 15.0. The van der Waals surface area contributed by atoms with Gasteiger partial charge in [-0.1, -0.05) is 6.07 Å². The van der Waals surface area contributed by atoms with Crippen LogP contribution in [0.25, 0.3) is 0 Å². The van der Waals surface area contributed by atoms with Crippen molar-refractivity contribution in [3.63, 3.8) is 0 Å². The molecule has 1 fully saturated rings. The second-order valence-corrected chi connectivity index (χ2v) is 5.89. The highest BCUT2D eigenvalue weighted by Crippen LogP contribution is 2.42. The molecule has 1 aromatic heterocycles. The van der Waals surface area contributed by atoms with Gasteiger partial charge in [0.15, 0.2) is 5.82 Å². The van der Waals surface area contributed by atoms with Crippen molar-refractivity contribution in [2.24, 2.45) is 0 Å². The van der Waals surface area contributed by atoms with E-state index in [2.05, 4.69) is 32.4 Å². The summed E-state index contributed by atoms with van der Waals surface area (Å²) >= 11 is 0. The van der Waals surface area contributed by atoms with Crippen LogP contribution in [0.4, 0.5) is 5.82 Å². The molecule has 3 heterocycles. The summed E-state index contributed by atoms with van der Waals surface area (Å²) in [4.78, 5) is 2.22. The molecule has 0 atom stereocenters. The third kappa shape index (κ3) is 2.06. The van der Waals surface area contributed by atoms with E-state index in [4.69, 9.17) is 4.74 Å². The van der Waals surface area contributed by atoms with E-state index in [9.17, 15) is 5.26 Å². The molecule has 0 amide bonds. The lowest BCUT2D eigenvalue weighted by Crippen LogP contribution is -2.46. The number of H-pyrrole nitrogens is 1. The van der Waals surface area contributed by atoms with E-state index in [0.717, 1.165) is 44.8 Å². The van der Waals surface area contributed by atoms with Gasteiger partial charge in [0.05, 0.1) is 30.0 Å². The van der Waals surface area contributed by atoms with Crippen molar-refractivity contribution in [2.75, 3.05) is 24.6 Å². The van der Waals surface area contributed by atoms with Gasteiger partial charge < -0.3 is 9.64 Å². The highest BCUT2D eigenvalue weighted by atomic mass is 16.5. The minimum Gasteiger partial charge on any atom is -0.370 e. The molecule has 1 N–H and O–H groups in total. The first-order valence-corrected chi connectivity index (χ1v) is 7.59. The Bertz CT molecular complexity index is 711. The largest absolute Gasteiger partial charge is 0.370 e. The summed E-state index contributed by atoms with van der Waals surface area (Å²) in [5, 5.41) is 19.9. The van der Waals surface area contributed by atoms with Crippen LogP contribution < -0.4 is 4.90 Å². The van der Waals surface area contributed by atoms with Crippen LogP contribution in [-0.4, -0.2) is 35.1 Å². The molecule has 0 saturated carbocycles. The Morgan fingerprint density at radius 2 is 2.18 bits per heavy atom. The molecule has 22 heavy (non-hydrogen) atoms. The van der Waals surface area contributed by atoms with Gasteiger partial charge in [-0.2, -0.15) is 15.6 Å². The zero-order valence-corrected chi connectivity index (χ0v) is 12.2. The maximum atomic E-state index is 9.18. The fourth-order valence-corrected chi connectivity index (χ4v) is 3.58. The summed E-state index contributed by atoms with van der Waals surface area (Å²) in [6.07, 6.45) is 4.49. The third-order valence-electron chi connectivity index (χ3n) is 4.78. The molecule has 1 spiro atoms. The Labute approximate surface area is 128 Å². The first kappa shape index (κ1) is 13.3. The van der Waals surface area contributed by atoms with Crippen LogP contribution in [0.1, 0.15) is 29.5 Å². The number of ether oxygens (including phenoxy) is 1. The molecule has 1 aromatic carbocycles. The molecule has 6 heteroatoms. The van der Waals surface area contributed by atoms with Crippen molar-refractivity contribution in [3.8, 4) is 6.07 Å². The molecule has 6 nitrogen and oxygen atoms in total. The summed E-state index contributed by atoms with van der Waals surface area (Å²) < 4.78 is 6.22. The summed E-state index contributed by atoms with van der Waals surface area (Å²) in [6.45, 7) is 2.51. The highest BCUT2D eigenvalue weighted by molar-refractivity contribution is 5.44. The molecule has 0 unspecified atom stereocenters. The van der Waals surface area contributed by atoms with Crippen molar-refractivity contribution in [3.05, 3.63) is 41.1 Å². The lowest BCUT2D eigenvalue weighted by molar-refractivity contribution is -0.0767. The van der Waals surface area contributed by atoms with Crippen LogP contribution in [0.15, 0.2) is 24.4 Å². The summed E-state index contributed by atoms with van der Waals surface area (Å²) in [7, 11) is 0. The van der Waals surface area contributed by atoms with Crippen LogP contribution in [0.2, 0.25) is 0 Å². The van der Waals surface area contributed by atoms with E-state index in [0.29, 0.717) is 5.56 Å². The molecule has 0 aliphatic carbocycles. The number of hydrogen-bond acceptors (Lipinski definition) is 5. The number of nitrogens with one attached hydrogen (secondary N) is 1. The van der Waals surface area contributed by atoms with E-state index in [1.165, 1.54) is 11.1 Å². The van der Waals surface area contributed by atoms with E-state index in [1.54, 1.807) is 6.20 Å². The molecular formula is C16H17N5O. The van der Waals surface area contributed by atoms with Gasteiger partial charge in [-0.15, -0.1) is 5.10 Å². The van der Waals surface area contributed by atoms with E-state index >= 15 is 0 Å². The number of aromatic amines is 1. The molecule has 4 rings (SSSR count). The van der Waals surface area contributed by atoms with Gasteiger partial charge in [0.1, 0.15) is 0 Å². The smallest absolute Gasteiger partial charge is 0.170 e. The van der Waals surface area contributed by atoms with Crippen LogP contribution in [0, 0.1) is 11.3 Å². The predicted molar refractivity (Wildman–Crippen MR) is 80.3 cm³/mol. The molecule has 0 bridgehead atoms. The summed E-state index contributed by atoms with van der Waals surface area (Å²) in [5.41, 5.74) is 2.99. The number of anilines is 1. The molecule has 2 aliphatic heterocycles. The van der Waals surface area contributed by atoms with Crippen molar-refractivity contribution in [1.82, 2.24) is 15.4 Å². The minimum atomic E-state index is -0.249. The van der Waals surface area contributed by atoms with Gasteiger partial charge in [0.25, 0.3) is 0 Å². The number of benzene rings is 1. The Morgan fingerprint density at radius 1 is 1.32 bits per heavy atom. The molecule has 0 radical (unpaired) electrons. The number of hydrogen-bond donors (Lipinski definition) is 1. The number of fused-ring (bicyclic) bond motifs is 2. The Morgan fingerprint density at radius 3 is 2.91 bits per heavy atom. The minimum absolute atomic E-state index is 0.249. The van der Waals surface area contributed by atoms with Crippen LogP contribution in [-0.2, 0) is 16.8 Å². The SMILES string of the molecule is N#Cc1ccc2c(c1)C1(CCN(c3cn[nH]n3)CC1)OCC2. The predicted octanol–water partition coefficient (Wildman–Crippen LogP) is 1.74. The number of piperidine rings is 1. The molecular weight excluding hydrogens is 278 g/mol. The van der Waals surface area contributed by atoms with Gasteiger partial charge in [-0.3, -0.25) is 0 Å². The number of rotatable bonds is 1. The summed E-state index contributed by atoms with van der Waals surface area (Å²) in [5.74, 6) is 0.886. The van der Waals surface area contributed by atoms with E-state index in [1.807, 2.05) is 12.1 Å². The lowest BCUT2D eigenvalue weighted by Gasteiger charge is -2.45. The quantitative estimate of drug-likeness (QED) is 0.867. The Hall–Kier alpha value is -2.39. The molecule has 2 aliphatic rings. The molecule has 1 saturated heterocycles. The number of nitriles is 1. The maximum absolute atomic E-state index is 9.18. The average molecular weight is 295 g/mol. The van der Waals surface area contributed by atoms with Gasteiger partial charge in [0, 0.05) is 13.1 Å². The monoisotopic (exact) mass is 295 g/mol. The second kappa shape index (κ2) is 5.11. The highest BCUT2D eigenvalue weighted by Gasteiger charge is 2.41. The van der Waals surface area contributed by atoms with Crippen molar-refractivity contribution >= 4 is 5.82 Å². The van der Waals surface area contributed by atoms with Gasteiger partial charge >= 0.3 is 0 Å². The summed E-state index contributed by atoms with van der Waals surface area (Å²) in [6, 6.07) is 8.25. The fourth-order valence-electron chi connectivity index (χ4n) is 3.58. The van der Waals surface area contributed by atoms with Crippen LogP contribution >= 0.6 is 0 Å². The van der Waals surface area contributed by atoms with Crippen molar-refractivity contribution in [1.29, 1.82) is 5.26 Å². The molecule has 112 valence electrons. The van der Waals surface area contributed by atoms with Gasteiger partial charge in [-0.05, 0) is 42.5 Å². The van der Waals surface area contributed by atoms with E-state index in [-0.39, 0.29) is 5.60 Å². The fraction of sp³-hybridized carbons (Fsp3) is 0.438. The Kier molecular flexibility index (Phi) is 3.09.